The van der Waals surface area contributed by atoms with Crippen molar-refractivity contribution in [3.63, 3.8) is 0 Å². The van der Waals surface area contributed by atoms with Crippen molar-refractivity contribution >= 4 is 5.91 Å². The summed E-state index contributed by atoms with van der Waals surface area (Å²) in [6.45, 7) is 3.00. The Kier molecular flexibility index (Phi) is 5.05. The minimum absolute atomic E-state index is 0.0453. The molecule has 0 radical (unpaired) electrons. The zero-order valence-corrected chi connectivity index (χ0v) is 13.7. The van der Waals surface area contributed by atoms with Crippen molar-refractivity contribution in [3.8, 4) is 0 Å². The predicted molar refractivity (Wildman–Crippen MR) is 91.1 cm³/mol. The molecule has 0 aliphatic rings. The number of carbonyl (C=O) groups excluding carboxylic acids is 1. The molecule has 3 rings (SSSR count). The number of rotatable bonds is 7. The third-order valence-corrected chi connectivity index (χ3v) is 3.98. The van der Waals surface area contributed by atoms with Crippen molar-refractivity contribution in [2.45, 2.75) is 32.5 Å². The van der Waals surface area contributed by atoms with Gasteiger partial charge in [0.1, 0.15) is 12.4 Å². The van der Waals surface area contributed by atoms with E-state index < -0.39 is 0 Å². The number of nitrogens with one attached hydrogen (secondary N) is 1. The van der Waals surface area contributed by atoms with Gasteiger partial charge in [0, 0.05) is 31.3 Å². The molecule has 0 unspecified atom stereocenters. The molecule has 3 aromatic rings. The van der Waals surface area contributed by atoms with Crippen LogP contribution in [0, 0.1) is 6.92 Å². The van der Waals surface area contributed by atoms with Crippen LogP contribution in [0.4, 0.5) is 0 Å². The fourth-order valence-electron chi connectivity index (χ4n) is 2.70. The number of imidazole rings is 1. The first kappa shape index (κ1) is 16.0. The average molecular weight is 323 g/mol. The molecule has 1 N–H and O–H groups in total. The number of hydrogen-bond acceptors (Lipinski definition) is 3. The van der Waals surface area contributed by atoms with E-state index in [1.165, 1.54) is 0 Å². The molecule has 6 nitrogen and oxygen atoms in total. The molecule has 0 aliphatic heterocycles. The molecule has 2 aromatic heterocycles. The molecule has 124 valence electrons. The van der Waals surface area contributed by atoms with Crippen LogP contribution in [0.2, 0.25) is 0 Å². The number of benzene rings is 1. The summed E-state index contributed by atoms with van der Waals surface area (Å²) in [5.74, 6) is 0.930. The van der Waals surface area contributed by atoms with Crippen molar-refractivity contribution in [1.82, 2.24) is 24.6 Å². The van der Waals surface area contributed by atoms with E-state index in [9.17, 15) is 4.79 Å². The summed E-state index contributed by atoms with van der Waals surface area (Å²) in [5.41, 5.74) is 1.10. The fraction of sp³-hybridized carbons (Fsp3) is 0.278. The summed E-state index contributed by atoms with van der Waals surface area (Å²) in [7, 11) is 0. The van der Waals surface area contributed by atoms with Crippen LogP contribution in [-0.2, 0) is 17.9 Å². The molecule has 1 atom stereocenters. The normalized spacial score (nSPS) is 12.0. The van der Waals surface area contributed by atoms with E-state index in [-0.39, 0.29) is 18.5 Å². The maximum absolute atomic E-state index is 12.3. The van der Waals surface area contributed by atoms with Gasteiger partial charge in [0.15, 0.2) is 0 Å². The SMILES string of the molecule is Cc1nccn1CC[C@H](NC(=O)Cn1cccn1)c1ccccc1. The minimum Gasteiger partial charge on any atom is -0.348 e. The Morgan fingerprint density at radius 2 is 2.00 bits per heavy atom. The average Bonchev–Trinajstić information content (AvgIpc) is 3.24. The third-order valence-electron chi connectivity index (χ3n) is 3.98. The Hall–Kier alpha value is -2.89. The molecule has 0 fully saturated rings. The van der Waals surface area contributed by atoms with Crippen LogP contribution in [0.25, 0.3) is 0 Å². The highest BCUT2D eigenvalue weighted by Gasteiger charge is 2.15. The van der Waals surface area contributed by atoms with Crippen LogP contribution in [0.3, 0.4) is 0 Å². The second-order valence-corrected chi connectivity index (χ2v) is 5.69. The van der Waals surface area contributed by atoms with Gasteiger partial charge in [0.05, 0.1) is 6.04 Å². The third kappa shape index (κ3) is 4.10. The molecule has 6 heteroatoms. The van der Waals surface area contributed by atoms with Crippen LogP contribution < -0.4 is 5.32 Å². The molecule has 0 saturated heterocycles. The molecule has 24 heavy (non-hydrogen) atoms. The number of carbonyl (C=O) groups is 1. The summed E-state index contributed by atoms with van der Waals surface area (Å²) in [6, 6.07) is 11.8. The maximum Gasteiger partial charge on any atom is 0.242 e. The Balaban J connectivity index is 1.67. The van der Waals surface area contributed by atoms with Gasteiger partial charge in [-0.2, -0.15) is 5.10 Å². The van der Waals surface area contributed by atoms with Crippen LogP contribution in [0.5, 0.6) is 0 Å². The van der Waals surface area contributed by atoms with Gasteiger partial charge in [0.2, 0.25) is 5.91 Å². The van der Waals surface area contributed by atoms with Crippen LogP contribution in [-0.4, -0.2) is 25.2 Å². The van der Waals surface area contributed by atoms with E-state index in [4.69, 9.17) is 0 Å². The minimum atomic E-state index is -0.0464. The lowest BCUT2D eigenvalue weighted by molar-refractivity contribution is -0.122. The monoisotopic (exact) mass is 323 g/mol. The number of hydrogen-bond donors (Lipinski definition) is 1. The van der Waals surface area contributed by atoms with Crippen LogP contribution in [0.1, 0.15) is 23.9 Å². The summed E-state index contributed by atoms with van der Waals surface area (Å²) >= 11 is 0. The lowest BCUT2D eigenvalue weighted by Gasteiger charge is -2.20. The first-order valence-corrected chi connectivity index (χ1v) is 8.02. The molecule has 0 bridgehead atoms. The van der Waals surface area contributed by atoms with E-state index in [1.54, 1.807) is 23.3 Å². The van der Waals surface area contributed by atoms with Gasteiger partial charge in [-0.1, -0.05) is 30.3 Å². The Bertz CT molecular complexity index is 764. The first-order chi connectivity index (χ1) is 11.7. The predicted octanol–water partition coefficient (Wildman–Crippen LogP) is 2.34. The molecule has 0 saturated carbocycles. The first-order valence-electron chi connectivity index (χ1n) is 8.02. The van der Waals surface area contributed by atoms with Crippen molar-refractivity contribution < 1.29 is 4.79 Å². The van der Waals surface area contributed by atoms with Gasteiger partial charge < -0.3 is 9.88 Å². The number of amides is 1. The van der Waals surface area contributed by atoms with Crippen LogP contribution >= 0.6 is 0 Å². The molecule has 0 aliphatic carbocycles. The van der Waals surface area contributed by atoms with Gasteiger partial charge >= 0.3 is 0 Å². The standard InChI is InChI=1S/C18H21N5O/c1-15-19-10-13-22(15)12-8-17(16-6-3-2-4-7-16)21-18(24)14-23-11-5-9-20-23/h2-7,9-11,13,17H,8,12,14H2,1H3,(H,21,24)/t17-/m0/s1. The zero-order valence-electron chi connectivity index (χ0n) is 13.7. The molecule has 1 amide bonds. The van der Waals surface area contributed by atoms with Gasteiger partial charge in [-0.25, -0.2) is 4.98 Å². The molecular formula is C18H21N5O. The number of nitrogens with zero attached hydrogens (tertiary/aromatic N) is 4. The van der Waals surface area contributed by atoms with Crippen LogP contribution in [0.15, 0.2) is 61.2 Å². The molecule has 1 aromatic carbocycles. The highest BCUT2D eigenvalue weighted by Crippen LogP contribution is 2.18. The summed E-state index contributed by atoms with van der Waals surface area (Å²) in [6.07, 6.45) is 8.01. The highest BCUT2D eigenvalue weighted by molar-refractivity contribution is 5.76. The van der Waals surface area contributed by atoms with Crippen molar-refractivity contribution in [2.75, 3.05) is 0 Å². The van der Waals surface area contributed by atoms with E-state index in [1.807, 2.05) is 49.5 Å². The topological polar surface area (TPSA) is 64.7 Å². The quantitative estimate of drug-likeness (QED) is 0.726. The zero-order chi connectivity index (χ0) is 16.8. The van der Waals surface area contributed by atoms with Gasteiger partial charge in [-0.05, 0) is 25.0 Å². The summed E-state index contributed by atoms with van der Waals surface area (Å²) in [4.78, 5) is 16.6. The lowest BCUT2D eigenvalue weighted by Crippen LogP contribution is -2.32. The van der Waals surface area contributed by atoms with Gasteiger partial charge in [-0.15, -0.1) is 0 Å². The van der Waals surface area contributed by atoms with Crippen molar-refractivity contribution in [2.24, 2.45) is 0 Å². The molecule has 2 heterocycles. The second-order valence-electron chi connectivity index (χ2n) is 5.69. The Morgan fingerprint density at radius 3 is 2.67 bits per heavy atom. The summed E-state index contributed by atoms with van der Waals surface area (Å²) < 4.78 is 3.72. The smallest absolute Gasteiger partial charge is 0.242 e. The second kappa shape index (κ2) is 7.59. The largest absolute Gasteiger partial charge is 0.348 e. The number of aryl methyl sites for hydroxylation is 2. The van der Waals surface area contributed by atoms with E-state index in [2.05, 4.69) is 20.0 Å². The molecule has 0 spiro atoms. The maximum atomic E-state index is 12.3. The van der Waals surface area contributed by atoms with E-state index in [0.717, 1.165) is 24.4 Å². The molecular weight excluding hydrogens is 302 g/mol. The fourth-order valence-corrected chi connectivity index (χ4v) is 2.70. The van der Waals surface area contributed by atoms with E-state index in [0.29, 0.717) is 0 Å². The Morgan fingerprint density at radius 1 is 1.17 bits per heavy atom. The number of aromatic nitrogens is 4. The Labute approximate surface area is 141 Å². The van der Waals surface area contributed by atoms with Crippen molar-refractivity contribution in [1.29, 1.82) is 0 Å². The van der Waals surface area contributed by atoms with Gasteiger partial charge in [-0.3, -0.25) is 9.48 Å². The highest BCUT2D eigenvalue weighted by atomic mass is 16.2. The van der Waals surface area contributed by atoms with Crippen molar-refractivity contribution in [3.05, 3.63) is 72.6 Å². The van der Waals surface area contributed by atoms with E-state index >= 15 is 0 Å². The lowest BCUT2D eigenvalue weighted by atomic mass is 10.0. The summed E-state index contributed by atoms with van der Waals surface area (Å²) in [5, 5.41) is 7.20. The van der Waals surface area contributed by atoms with Gasteiger partial charge in [0.25, 0.3) is 0 Å².